The van der Waals surface area contributed by atoms with Gasteiger partial charge in [0.25, 0.3) is 0 Å². The Morgan fingerprint density at radius 3 is 2.89 bits per heavy atom. The third-order valence-electron chi connectivity index (χ3n) is 4.34. The number of rotatable bonds is 5. The summed E-state index contributed by atoms with van der Waals surface area (Å²) in [4.78, 5) is 29.8. The van der Waals surface area contributed by atoms with Crippen LogP contribution in [0.25, 0.3) is 0 Å². The Morgan fingerprint density at radius 1 is 1.44 bits per heavy atom. The van der Waals surface area contributed by atoms with Crippen LogP contribution in [-0.2, 0) is 22.3 Å². The minimum atomic E-state index is -4.45. The van der Waals surface area contributed by atoms with Crippen molar-refractivity contribution in [2.45, 2.75) is 32.1 Å². The van der Waals surface area contributed by atoms with Crippen LogP contribution in [0.2, 0.25) is 0 Å². The number of amides is 2. The molecule has 1 fully saturated rings. The van der Waals surface area contributed by atoms with E-state index >= 15 is 0 Å². The number of carbonyl (C=O) groups excluding carboxylic acids is 2. The van der Waals surface area contributed by atoms with Gasteiger partial charge in [-0.15, -0.1) is 0 Å². The van der Waals surface area contributed by atoms with E-state index in [0.717, 1.165) is 18.5 Å². The lowest BCUT2D eigenvalue weighted by atomic mass is 10.1. The van der Waals surface area contributed by atoms with Gasteiger partial charge < -0.3 is 14.7 Å². The maximum Gasteiger partial charge on any atom is 0.416 e. The number of alkyl halides is 3. The van der Waals surface area contributed by atoms with Crippen LogP contribution in [0.1, 0.15) is 36.3 Å². The van der Waals surface area contributed by atoms with E-state index in [0.29, 0.717) is 11.4 Å². The monoisotopic (exact) mass is 382 g/mol. The lowest BCUT2D eigenvalue weighted by Crippen LogP contribution is -2.34. The van der Waals surface area contributed by atoms with E-state index in [-0.39, 0.29) is 31.3 Å². The van der Waals surface area contributed by atoms with Crippen LogP contribution < -0.4 is 5.32 Å². The quantitative estimate of drug-likeness (QED) is 0.857. The van der Waals surface area contributed by atoms with E-state index in [1.807, 2.05) is 0 Å². The number of aromatic nitrogens is 2. The van der Waals surface area contributed by atoms with Crippen molar-refractivity contribution >= 4 is 11.8 Å². The first-order chi connectivity index (χ1) is 12.7. The van der Waals surface area contributed by atoms with Gasteiger partial charge >= 0.3 is 6.18 Å². The fourth-order valence-electron chi connectivity index (χ4n) is 2.93. The summed E-state index contributed by atoms with van der Waals surface area (Å²) in [6.45, 7) is 1.84. The number of benzene rings is 1. The minimum Gasteiger partial charge on any atom is -0.346 e. The molecule has 2 heterocycles. The molecule has 1 saturated heterocycles. The van der Waals surface area contributed by atoms with Gasteiger partial charge in [0.05, 0.1) is 17.5 Å². The molecule has 144 valence electrons. The molecular weight excluding hydrogens is 365 g/mol. The topological polar surface area (TPSA) is 88.3 Å². The van der Waals surface area contributed by atoms with Crippen molar-refractivity contribution in [3.63, 3.8) is 0 Å². The van der Waals surface area contributed by atoms with Crippen molar-refractivity contribution in [2.24, 2.45) is 5.92 Å². The van der Waals surface area contributed by atoms with Gasteiger partial charge in [-0.2, -0.15) is 18.2 Å². The van der Waals surface area contributed by atoms with Crippen molar-refractivity contribution in [1.29, 1.82) is 0 Å². The molecule has 0 radical (unpaired) electrons. The molecule has 1 aliphatic heterocycles. The first kappa shape index (κ1) is 18.9. The first-order valence-corrected chi connectivity index (χ1v) is 8.24. The summed E-state index contributed by atoms with van der Waals surface area (Å²) < 4.78 is 43.1. The lowest BCUT2D eigenvalue weighted by molar-refractivity contribution is -0.137. The second kappa shape index (κ2) is 7.37. The molecule has 2 atom stereocenters. The Kier molecular flexibility index (Phi) is 5.15. The summed E-state index contributed by atoms with van der Waals surface area (Å²) >= 11 is 0. The molecule has 2 aromatic rings. The Labute approximate surface area is 152 Å². The van der Waals surface area contributed by atoms with Crippen LogP contribution in [0.4, 0.5) is 13.2 Å². The highest BCUT2D eigenvalue weighted by atomic mass is 19.4. The number of hydrogen-bond acceptors (Lipinski definition) is 5. The fraction of sp³-hybridized carbons (Fsp3) is 0.412. The molecule has 0 aliphatic carbocycles. The maximum absolute atomic E-state index is 12.8. The van der Waals surface area contributed by atoms with Crippen molar-refractivity contribution in [1.82, 2.24) is 20.4 Å². The Hall–Kier alpha value is -2.91. The summed E-state index contributed by atoms with van der Waals surface area (Å²) in [7, 11) is 0. The van der Waals surface area contributed by atoms with Crippen LogP contribution in [0, 0.1) is 5.92 Å². The summed E-state index contributed by atoms with van der Waals surface area (Å²) in [6.07, 6.45) is -3.30. The Bertz CT molecular complexity index is 823. The summed E-state index contributed by atoms with van der Waals surface area (Å²) in [5.41, 5.74) is -0.408. The molecule has 7 nitrogen and oxygen atoms in total. The molecule has 1 aromatic carbocycles. The standard InChI is InChI=1S/C17H17F3N4O3/c1-10(15-21-9-27-23-15)22-16(26)12-6-14(25)24(8-12)7-11-3-2-4-13(5-11)17(18,19)20/h2-5,9-10,12H,6-8H2,1H3,(H,22,26). The number of nitrogens with zero attached hydrogens (tertiary/aromatic N) is 3. The SMILES string of the molecule is CC(NC(=O)C1CC(=O)N(Cc2cccc(C(F)(F)F)c2)C1)c1ncon1. The van der Waals surface area contributed by atoms with Crippen LogP contribution in [-0.4, -0.2) is 33.4 Å². The van der Waals surface area contributed by atoms with Crippen molar-refractivity contribution in [3.05, 3.63) is 47.6 Å². The van der Waals surface area contributed by atoms with Gasteiger partial charge in [-0.05, 0) is 24.6 Å². The van der Waals surface area contributed by atoms with Crippen molar-refractivity contribution in [3.8, 4) is 0 Å². The fourth-order valence-corrected chi connectivity index (χ4v) is 2.93. The van der Waals surface area contributed by atoms with E-state index in [9.17, 15) is 22.8 Å². The minimum absolute atomic E-state index is 0.00373. The molecule has 2 unspecified atom stereocenters. The van der Waals surface area contributed by atoms with E-state index in [1.54, 1.807) is 6.92 Å². The molecule has 2 amide bonds. The molecule has 0 bridgehead atoms. The number of halogens is 3. The average molecular weight is 382 g/mol. The van der Waals surface area contributed by atoms with Crippen molar-refractivity contribution in [2.75, 3.05) is 6.54 Å². The summed E-state index contributed by atoms with van der Waals surface area (Å²) in [6, 6.07) is 4.33. The zero-order valence-corrected chi connectivity index (χ0v) is 14.4. The van der Waals surface area contributed by atoms with E-state index in [2.05, 4.69) is 20.0 Å². The third-order valence-corrected chi connectivity index (χ3v) is 4.34. The number of hydrogen-bond donors (Lipinski definition) is 1. The van der Waals surface area contributed by atoms with Gasteiger partial charge in [0.1, 0.15) is 0 Å². The summed E-state index contributed by atoms with van der Waals surface area (Å²) in [5.74, 6) is -0.891. The van der Waals surface area contributed by atoms with Crippen molar-refractivity contribution < 1.29 is 27.3 Å². The molecule has 0 spiro atoms. The zero-order valence-electron chi connectivity index (χ0n) is 14.4. The van der Waals surface area contributed by atoms with Gasteiger partial charge in [0.2, 0.25) is 18.2 Å². The molecule has 1 aliphatic rings. The molecule has 0 saturated carbocycles. The van der Waals surface area contributed by atoms with Gasteiger partial charge in [0, 0.05) is 19.5 Å². The second-order valence-electron chi connectivity index (χ2n) is 6.39. The zero-order chi connectivity index (χ0) is 19.6. The van der Waals surface area contributed by atoms with E-state index in [1.165, 1.54) is 17.0 Å². The molecule has 27 heavy (non-hydrogen) atoms. The largest absolute Gasteiger partial charge is 0.416 e. The molecular formula is C17H17F3N4O3. The van der Waals surface area contributed by atoms with Crippen LogP contribution in [0.5, 0.6) is 0 Å². The Balaban J connectivity index is 1.61. The Morgan fingerprint density at radius 2 is 2.22 bits per heavy atom. The van der Waals surface area contributed by atoms with Gasteiger partial charge in [-0.3, -0.25) is 9.59 Å². The predicted octanol–water partition coefficient (Wildman–Crippen LogP) is 2.31. The normalized spacial score (nSPS) is 18.6. The third kappa shape index (κ3) is 4.44. The smallest absolute Gasteiger partial charge is 0.346 e. The first-order valence-electron chi connectivity index (χ1n) is 8.24. The summed E-state index contributed by atoms with van der Waals surface area (Å²) in [5, 5.41) is 6.35. The van der Waals surface area contributed by atoms with E-state index < -0.39 is 23.7 Å². The molecule has 1 aromatic heterocycles. The molecule has 1 N–H and O–H groups in total. The number of nitrogens with one attached hydrogen (secondary N) is 1. The van der Waals surface area contributed by atoms with Crippen LogP contribution in [0.15, 0.2) is 35.2 Å². The predicted molar refractivity (Wildman–Crippen MR) is 85.8 cm³/mol. The highest BCUT2D eigenvalue weighted by Gasteiger charge is 2.35. The van der Waals surface area contributed by atoms with Gasteiger partial charge in [0.15, 0.2) is 5.82 Å². The van der Waals surface area contributed by atoms with E-state index in [4.69, 9.17) is 0 Å². The van der Waals surface area contributed by atoms with Gasteiger partial charge in [-0.1, -0.05) is 17.3 Å². The van der Waals surface area contributed by atoms with Gasteiger partial charge in [-0.25, -0.2) is 0 Å². The highest BCUT2D eigenvalue weighted by Crippen LogP contribution is 2.30. The number of likely N-dealkylation sites (tertiary alicyclic amines) is 1. The van der Waals surface area contributed by atoms with Crippen LogP contribution in [0.3, 0.4) is 0 Å². The highest BCUT2D eigenvalue weighted by molar-refractivity contribution is 5.89. The second-order valence-corrected chi connectivity index (χ2v) is 6.39. The molecule has 10 heteroatoms. The number of carbonyl (C=O) groups is 2. The average Bonchev–Trinajstić information content (AvgIpc) is 3.25. The maximum atomic E-state index is 12.8. The molecule has 3 rings (SSSR count). The lowest BCUT2D eigenvalue weighted by Gasteiger charge is -2.18. The van der Waals surface area contributed by atoms with Crippen LogP contribution >= 0.6 is 0 Å².